The lowest BCUT2D eigenvalue weighted by Crippen LogP contribution is -2.38. The van der Waals surface area contributed by atoms with Gasteiger partial charge in [-0.1, -0.05) is 6.07 Å². The Kier molecular flexibility index (Phi) is 7.36. The highest BCUT2D eigenvalue weighted by atomic mass is 16.6. The number of methoxy groups -OCH3 is 1. The summed E-state index contributed by atoms with van der Waals surface area (Å²) in [6.07, 6.45) is -0.824. The third-order valence-corrected chi connectivity index (χ3v) is 3.96. The van der Waals surface area contributed by atoms with E-state index in [1.807, 2.05) is 20.8 Å². The molecular formula is C22H27NO6. The molecule has 0 aromatic heterocycles. The molecule has 156 valence electrons. The van der Waals surface area contributed by atoms with E-state index in [0.29, 0.717) is 23.4 Å². The summed E-state index contributed by atoms with van der Waals surface area (Å²) in [6.45, 7) is 7.54. The second-order valence-corrected chi connectivity index (χ2v) is 7.56. The maximum Gasteiger partial charge on any atom is 0.343 e. The molecule has 0 saturated carbocycles. The van der Waals surface area contributed by atoms with Gasteiger partial charge in [-0.15, -0.1) is 0 Å². The Morgan fingerprint density at radius 3 is 2.24 bits per heavy atom. The van der Waals surface area contributed by atoms with E-state index >= 15 is 0 Å². The zero-order valence-electron chi connectivity index (χ0n) is 17.3. The maximum atomic E-state index is 12.4. The Hall–Kier alpha value is -2.90. The summed E-state index contributed by atoms with van der Waals surface area (Å²) in [5, 5.41) is 13.6. The van der Waals surface area contributed by atoms with Crippen molar-refractivity contribution < 1.29 is 28.9 Å². The molecule has 1 atom stereocenters. The number of β-amino-alcohol motifs (C(OH)–C–C–N with tert-alkyl or cyclic N) is 1. The van der Waals surface area contributed by atoms with Crippen molar-refractivity contribution in [3.8, 4) is 17.2 Å². The number of hydrogen-bond donors (Lipinski definition) is 2. The molecule has 2 aromatic carbocycles. The minimum Gasteiger partial charge on any atom is -0.497 e. The van der Waals surface area contributed by atoms with E-state index in [0.717, 1.165) is 0 Å². The molecule has 0 heterocycles. The zero-order valence-corrected chi connectivity index (χ0v) is 17.3. The highest BCUT2D eigenvalue weighted by molar-refractivity contribution is 5.91. The first kappa shape index (κ1) is 22.4. The van der Waals surface area contributed by atoms with Crippen LogP contribution in [-0.4, -0.2) is 36.2 Å². The predicted octanol–water partition coefficient (Wildman–Crippen LogP) is 3.26. The van der Waals surface area contributed by atoms with Gasteiger partial charge in [-0.2, -0.15) is 0 Å². The van der Waals surface area contributed by atoms with E-state index in [4.69, 9.17) is 14.2 Å². The summed E-state index contributed by atoms with van der Waals surface area (Å²) in [7, 11) is 1.53. The number of esters is 2. The van der Waals surface area contributed by atoms with E-state index in [2.05, 4.69) is 5.32 Å². The Morgan fingerprint density at radius 2 is 1.69 bits per heavy atom. The van der Waals surface area contributed by atoms with Gasteiger partial charge >= 0.3 is 11.9 Å². The quantitative estimate of drug-likeness (QED) is 0.543. The molecule has 2 N–H and O–H groups in total. The molecule has 0 bridgehead atoms. The zero-order chi connectivity index (χ0) is 21.6. The van der Waals surface area contributed by atoms with Crippen molar-refractivity contribution in [2.24, 2.45) is 0 Å². The fourth-order valence-corrected chi connectivity index (χ4v) is 2.46. The first-order chi connectivity index (χ1) is 13.6. The van der Waals surface area contributed by atoms with E-state index in [-0.39, 0.29) is 17.0 Å². The van der Waals surface area contributed by atoms with Crippen LogP contribution >= 0.6 is 0 Å². The van der Waals surface area contributed by atoms with Crippen LogP contribution in [0.2, 0.25) is 0 Å². The molecule has 0 aliphatic carbocycles. The molecule has 2 aromatic rings. The number of aliphatic hydroxyl groups is 1. The van der Waals surface area contributed by atoms with Crippen LogP contribution < -0.4 is 19.5 Å². The summed E-state index contributed by atoms with van der Waals surface area (Å²) in [5.74, 6) is -0.410. The van der Waals surface area contributed by atoms with Crippen molar-refractivity contribution in [2.45, 2.75) is 39.3 Å². The molecule has 0 saturated heterocycles. The SMILES string of the molecule is COc1ccc(C(=O)Oc2ccc([C@H](O)CNC(C)(C)C)cc2OC(C)=O)cc1. The molecular weight excluding hydrogens is 374 g/mol. The monoisotopic (exact) mass is 401 g/mol. The van der Waals surface area contributed by atoms with Crippen LogP contribution in [0.3, 0.4) is 0 Å². The van der Waals surface area contributed by atoms with Crippen molar-refractivity contribution in [2.75, 3.05) is 13.7 Å². The standard InChI is InChI=1S/C22H27NO6/c1-14(24)28-20-12-16(18(25)13-23-22(2,3)4)8-11-19(20)29-21(26)15-6-9-17(27-5)10-7-15/h6-12,18,23,25H,13H2,1-5H3/t18-/m1/s1. The summed E-state index contributed by atoms with van der Waals surface area (Å²) >= 11 is 0. The third kappa shape index (κ3) is 6.89. The number of nitrogens with one attached hydrogen (secondary N) is 1. The van der Waals surface area contributed by atoms with Crippen LogP contribution in [0.4, 0.5) is 0 Å². The second-order valence-electron chi connectivity index (χ2n) is 7.56. The summed E-state index contributed by atoms with van der Waals surface area (Å²) in [5.41, 5.74) is 0.688. The number of aliphatic hydroxyl groups excluding tert-OH is 1. The number of carbonyl (C=O) groups is 2. The lowest BCUT2D eigenvalue weighted by Gasteiger charge is -2.23. The van der Waals surface area contributed by atoms with Gasteiger partial charge < -0.3 is 24.6 Å². The topological polar surface area (TPSA) is 94.1 Å². The van der Waals surface area contributed by atoms with E-state index in [1.165, 1.54) is 26.2 Å². The highest BCUT2D eigenvalue weighted by Crippen LogP contribution is 2.31. The molecule has 0 amide bonds. The van der Waals surface area contributed by atoms with Crippen molar-refractivity contribution in [3.63, 3.8) is 0 Å². The van der Waals surface area contributed by atoms with Crippen LogP contribution in [0.1, 0.15) is 49.7 Å². The molecule has 0 aliphatic heterocycles. The van der Waals surface area contributed by atoms with Gasteiger partial charge in [0, 0.05) is 19.0 Å². The van der Waals surface area contributed by atoms with Gasteiger partial charge in [0.25, 0.3) is 0 Å². The number of rotatable bonds is 7. The maximum absolute atomic E-state index is 12.4. The highest BCUT2D eigenvalue weighted by Gasteiger charge is 2.19. The summed E-state index contributed by atoms with van der Waals surface area (Å²) < 4.78 is 15.7. The average Bonchev–Trinajstić information content (AvgIpc) is 2.66. The predicted molar refractivity (Wildman–Crippen MR) is 108 cm³/mol. The Bertz CT molecular complexity index is 855. The molecule has 0 fully saturated rings. The Labute approximate surface area is 170 Å². The fraction of sp³-hybridized carbons (Fsp3) is 0.364. The van der Waals surface area contributed by atoms with E-state index in [1.54, 1.807) is 30.3 Å². The minimum atomic E-state index is -0.824. The van der Waals surface area contributed by atoms with Crippen molar-refractivity contribution in [3.05, 3.63) is 53.6 Å². The van der Waals surface area contributed by atoms with Crippen molar-refractivity contribution >= 4 is 11.9 Å². The number of benzene rings is 2. The van der Waals surface area contributed by atoms with E-state index in [9.17, 15) is 14.7 Å². The first-order valence-electron chi connectivity index (χ1n) is 9.21. The van der Waals surface area contributed by atoms with Gasteiger partial charge in [-0.3, -0.25) is 4.79 Å². The molecule has 29 heavy (non-hydrogen) atoms. The summed E-state index contributed by atoms with van der Waals surface area (Å²) in [6, 6.07) is 11.0. The van der Waals surface area contributed by atoms with Crippen LogP contribution in [0, 0.1) is 0 Å². The molecule has 7 nitrogen and oxygen atoms in total. The smallest absolute Gasteiger partial charge is 0.343 e. The van der Waals surface area contributed by atoms with Crippen LogP contribution in [0.25, 0.3) is 0 Å². The number of hydrogen-bond acceptors (Lipinski definition) is 7. The molecule has 7 heteroatoms. The largest absolute Gasteiger partial charge is 0.497 e. The van der Waals surface area contributed by atoms with Gasteiger partial charge in [0.1, 0.15) is 5.75 Å². The average molecular weight is 401 g/mol. The number of ether oxygens (including phenoxy) is 3. The molecule has 2 rings (SSSR count). The third-order valence-electron chi connectivity index (χ3n) is 3.96. The molecule has 0 aliphatic rings. The Morgan fingerprint density at radius 1 is 1.03 bits per heavy atom. The normalized spacial score (nSPS) is 12.2. The molecule has 0 spiro atoms. The van der Waals surface area contributed by atoms with E-state index < -0.39 is 18.0 Å². The van der Waals surface area contributed by atoms with Crippen LogP contribution in [0.5, 0.6) is 17.2 Å². The van der Waals surface area contributed by atoms with Crippen LogP contribution in [-0.2, 0) is 4.79 Å². The van der Waals surface area contributed by atoms with Crippen LogP contribution in [0.15, 0.2) is 42.5 Å². The molecule has 0 radical (unpaired) electrons. The lowest BCUT2D eigenvalue weighted by atomic mass is 10.1. The van der Waals surface area contributed by atoms with Gasteiger partial charge in [-0.25, -0.2) is 4.79 Å². The van der Waals surface area contributed by atoms with Crippen molar-refractivity contribution in [1.29, 1.82) is 0 Å². The fourth-order valence-electron chi connectivity index (χ4n) is 2.46. The van der Waals surface area contributed by atoms with Gasteiger partial charge in [0.15, 0.2) is 11.5 Å². The van der Waals surface area contributed by atoms with Gasteiger partial charge in [0.2, 0.25) is 0 Å². The minimum absolute atomic E-state index is 0.0617. The molecule has 0 unspecified atom stereocenters. The van der Waals surface area contributed by atoms with Gasteiger partial charge in [0.05, 0.1) is 18.8 Å². The van der Waals surface area contributed by atoms with Crippen molar-refractivity contribution in [1.82, 2.24) is 5.32 Å². The Balaban J connectivity index is 2.21. The van der Waals surface area contributed by atoms with Gasteiger partial charge in [-0.05, 0) is 62.7 Å². The first-order valence-corrected chi connectivity index (χ1v) is 9.21. The summed E-state index contributed by atoms with van der Waals surface area (Å²) in [4.78, 5) is 23.9. The lowest BCUT2D eigenvalue weighted by molar-refractivity contribution is -0.132. The number of carbonyl (C=O) groups excluding carboxylic acids is 2. The second kappa shape index (κ2) is 9.54.